The van der Waals surface area contributed by atoms with Crippen molar-refractivity contribution in [3.05, 3.63) is 24.3 Å². The van der Waals surface area contributed by atoms with E-state index in [1.165, 1.54) is 173 Å². The van der Waals surface area contributed by atoms with Crippen molar-refractivity contribution in [3.63, 3.8) is 0 Å². The van der Waals surface area contributed by atoms with E-state index >= 15 is 0 Å². The van der Waals surface area contributed by atoms with Crippen LogP contribution in [0.5, 0.6) is 0 Å². The van der Waals surface area contributed by atoms with E-state index in [0.29, 0.717) is 12.8 Å². The summed E-state index contributed by atoms with van der Waals surface area (Å²) in [4.78, 5) is 12.4. The molecule has 296 valence electrons. The van der Waals surface area contributed by atoms with Gasteiger partial charge < -0.3 is 15.5 Å². The molecule has 0 bridgehead atoms. The Hall–Kier alpha value is -1.13. The summed E-state index contributed by atoms with van der Waals surface area (Å²) in [5.74, 6) is -0.0430. The molecule has 0 aromatic heterocycles. The molecule has 4 nitrogen and oxygen atoms in total. The molecule has 0 spiro atoms. The molecule has 3 N–H and O–H groups in total. The predicted octanol–water partition coefficient (Wildman–Crippen LogP) is 14.0. The molecule has 4 heteroatoms. The molecule has 2 atom stereocenters. The molecule has 50 heavy (non-hydrogen) atoms. The van der Waals surface area contributed by atoms with Gasteiger partial charge in [0.2, 0.25) is 5.91 Å². The van der Waals surface area contributed by atoms with Crippen LogP contribution in [0.15, 0.2) is 24.3 Å². The maximum Gasteiger partial charge on any atom is 0.220 e. The monoisotopic (exact) mass is 704 g/mol. The van der Waals surface area contributed by atoms with E-state index in [1.807, 2.05) is 0 Å². The third-order valence-corrected chi connectivity index (χ3v) is 10.5. The lowest BCUT2D eigenvalue weighted by molar-refractivity contribution is -0.123. The average Bonchev–Trinajstić information content (AvgIpc) is 3.12. The summed E-state index contributed by atoms with van der Waals surface area (Å²) >= 11 is 0. The zero-order chi connectivity index (χ0) is 36.4. The van der Waals surface area contributed by atoms with Gasteiger partial charge in [-0.2, -0.15) is 0 Å². The highest BCUT2D eigenvalue weighted by Crippen LogP contribution is 2.16. The number of aliphatic hydroxyl groups excluding tert-OH is 2. The van der Waals surface area contributed by atoms with E-state index in [1.54, 1.807) is 0 Å². The Balaban J connectivity index is 3.50. The molecule has 0 heterocycles. The molecule has 0 saturated heterocycles. The summed E-state index contributed by atoms with van der Waals surface area (Å²) in [5, 5.41) is 23.2. The summed E-state index contributed by atoms with van der Waals surface area (Å²) in [6.45, 7) is 4.35. The topological polar surface area (TPSA) is 69.6 Å². The van der Waals surface area contributed by atoms with Gasteiger partial charge in [0.1, 0.15) is 0 Å². The molecular formula is C46H89NO3. The average molecular weight is 704 g/mol. The van der Waals surface area contributed by atoms with Gasteiger partial charge >= 0.3 is 0 Å². The van der Waals surface area contributed by atoms with Crippen molar-refractivity contribution in [3.8, 4) is 0 Å². The Bertz CT molecular complexity index is 720. The molecule has 0 saturated carbocycles. The highest BCUT2D eigenvalue weighted by atomic mass is 16.3. The van der Waals surface area contributed by atoms with Crippen molar-refractivity contribution < 1.29 is 15.0 Å². The maximum atomic E-state index is 12.4. The van der Waals surface area contributed by atoms with Gasteiger partial charge in [-0.15, -0.1) is 0 Å². The number of rotatable bonds is 41. The second-order valence-electron chi connectivity index (χ2n) is 15.5. The minimum Gasteiger partial charge on any atom is -0.394 e. The number of allylic oxidation sites excluding steroid dienone is 4. The zero-order valence-electron chi connectivity index (χ0n) is 33.9. The van der Waals surface area contributed by atoms with Crippen LogP contribution in [0.1, 0.15) is 245 Å². The van der Waals surface area contributed by atoms with Gasteiger partial charge in [0, 0.05) is 6.42 Å². The number of aliphatic hydroxyl groups is 2. The lowest BCUT2D eigenvalue weighted by Gasteiger charge is -2.22. The summed E-state index contributed by atoms with van der Waals surface area (Å²) in [6, 6.07) is -0.542. The van der Waals surface area contributed by atoms with E-state index in [0.717, 1.165) is 44.9 Å². The fourth-order valence-electron chi connectivity index (χ4n) is 6.98. The van der Waals surface area contributed by atoms with Gasteiger partial charge in [0.25, 0.3) is 0 Å². The second-order valence-corrected chi connectivity index (χ2v) is 15.5. The molecule has 0 fully saturated rings. The molecule has 0 radical (unpaired) electrons. The van der Waals surface area contributed by atoms with Crippen molar-refractivity contribution >= 4 is 5.91 Å². The van der Waals surface area contributed by atoms with E-state index in [2.05, 4.69) is 43.5 Å². The van der Waals surface area contributed by atoms with Gasteiger partial charge in [0.15, 0.2) is 0 Å². The fraction of sp³-hybridized carbons (Fsp3) is 0.891. The van der Waals surface area contributed by atoms with Gasteiger partial charge in [-0.25, -0.2) is 0 Å². The summed E-state index contributed by atoms with van der Waals surface area (Å²) < 4.78 is 0. The number of nitrogens with one attached hydrogen (secondary N) is 1. The molecule has 2 unspecified atom stereocenters. The van der Waals surface area contributed by atoms with Crippen LogP contribution in [-0.4, -0.2) is 34.9 Å². The van der Waals surface area contributed by atoms with E-state index in [-0.39, 0.29) is 12.5 Å². The minimum absolute atomic E-state index is 0.0430. The highest BCUT2D eigenvalue weighted by Gasteiger charge is 2.20. The van der Waals surface area contributed by atoms with Crippen LogP contribution in [0, 0.1) is 0 Å². The first-order chi connectivity index (χ1) is 24.7. The van der Waals surface area contributed by atoms with Crippen LogP contribution < -0.4 is 5.32 Å². The number of hydrogen-bond acceptors (Lipinski definition) is 3. The molecule has 0 aliphatic heterocycles. The fourth-order valence-corrected chi connectivity index (χ4v) is 6.98. The van der Waals surface area contributed by atoms with Crippen LogP contribution in [-0.2, 0) is 4.79 Å². The van der Waals surface area contributed by atoms with Crippen LogP contribution in [0.4, 0.5) is 0 Å². The van der Waals surface area contributed by atoms with E-state index in [9.17, 15) is 15.0 Å². The number of carbonyl (C=O) groups excluding carboxylic acids is 1. The largest absolute Gasteiger partial charge is 0.394 e. The summed E-state index contributed by atoms with van der Waals surface area (Å²) in [5.41, 5.74) is 0. The van der Waals surface area contributed by atoms with Crippen molar-refractivity contribution in [1.82, 2.24) is 5.32 Å². The van der Waals surface area contributed by atoms with E-state index in [4.69, 9.17) is 0 Å². The molecule has 0 rings (SSSR count). The molecule has 0 aromatic carbocycles. The SMILES string of the molecule is CCCCCC/C=C\C/C=C\CCCCCCCC(=O)NC(CO)C(O)CCCCCCCCCCCCCCCCCCCCCCCC. The smallest absolute Gasteiger partial charge is 0.220 e. The quantitative estimate of drug-likeness (QED) is 0.0438. The third kappa shape index (κ3) is 38.1. The van der Waals surface area contributed by atoms with Crippen LogP contribution in [0.2, 0.25) is 0 Å². The zero-order valence-corrected chi connectivity index (χ0v) is 33.9. The normalized spacial score (nSPS) is 13.1. The molecule has 0 aromatic rings. The van der Waals surface area contributed by atoms with Crippen molar-refractivity contribution in [1.29, 1.82) is 0 Å². The van der Waals surface area contributed by atoms with Crippen molar-refractivity contribution in [2.75, 3.05) is 6.61 Å². The molecular weight excluding hydrogens is 615 g/mol. The van der Waals surface area contributed by atoms with Gasteiger partial charge in [0.05, 0.1) is 18.8 Å². The molecule has 0 aliphatic carbocycles. The van der Waals surface area contributed by atoms with Gasteiger partial charge in [-0.05, 0) is 44.9 Å². The second kappa shape index (κ2) is 42.3. The number of unbranched alkanes of at least 4 members (excludes halogenated alkanes) is 30. The number of amides is 1. The Kier molecular flexibility index (Phi) is 41.3. The molecule has 0 aliphatic rings. The predicted molar refractivity (Wildman–Crippen MR) is 221 cm³/mol. The summed E-state index contributed by atoms with van der Waals surface area (Å²) in [6.07, 6.45) is 54.0. The van der Waals surface area contributed by atoms with Gasteiger partial charge in [-0.1, -0.05) is 218 Å². The Morgan fingerprint density at radius 2 is 0.820 bits per heavy atom. The standard InChI is InChI=1S/C46H89NO3/c1-3-5-7-9-11-13-15-17-19-21-22-23-24-25-26-27-29-31-33-35-37-39-41-45(49)44(43-48)47-46(50)42-40-38-36-34-32-30-28-20-18-16-14-12-10-8-6-4-2/h14,16,20,28,44-45,48-49H,3-13,15,17-19,21-27,29-43H2,1-2H3,(H,47,50)/b16-14-,28-20-. The van der Waals surface area contributed by atoms with Crippen LogP contribution >= 0.6 is 0 Å². The highest BCUT2D eigenvalue weighted by molar-refractivity contribution is 5.76. The number of carbonyl (C=O) groups is 1. The van der Waals surface area contributed by atoms with Crippen molar-refractivity contribution in [2.24, 2.45) is 0 Å². The Morgan fingerprint density at radius 3 is 1.22 bits per heavy atom. The lowest BCUT2D eigenvalue weighted by Crippen LogP contribution is -2.45. The Labute approximate surface area is 313 Å². The number of hydrogen-bond donors (Lipinski definition) is 3. The maximum absolute atomic E-state index is 12.4. The van der Waals surface area contributed by atoms with Crippen LogP contribution in [0.25, 0.3) is 0 Å². The Morgan fingerprint density at radius 1 is 0.480 bits per heavy atom. The first kappa shape index (κ1) is 48.9. The lowest BCUT2D eigenvalue weighted by atomic mass is 10.0. The molecule has 1 amide bonds. The third-order valence-electron chi connectivity index (χ3n) is 10.5. The van der Waals surface area contributed by atoms with Crippen LogP contribution in [0.3, 0.4) is 0 Å². The first-order valence-electron chi connectivity index (χ1n) is 22.5. The van der Waals surface area contributed by atoms with Crippen molar-refractivity contribution in [2.45, 2.75) is 257 Å². The first-order valence-corrected chi connectivity index (χ1v) is 22.5. The summed E-state index contributed by atoms with van der Waals surface area (Å²) in [7, 11) is 0. The minimum atomic E-state index is -0.664. The van der Waals surface area contributed by atoms with Gasteiger partial charge in [-0.3, -0.25) is 4.79 Å². The van der Waals surface area contributed by atoms with E-state index < -0.39 is 12.1 Å².